The largest absolute Gasteiger partial charge is 0.471 e. The molecule has 1 aromatic rings. The Hall–Kier alpha value is -1.29. The maximum Gasteiger partial charge on any atom is 0.229 e. The molecule has 0 spiro atoms. The number of hydrogen-bond donors (Lipinski definition) is 0. The van der Waals surface area contributed by atoms with E-state index in [0.717, 1.165) is 0 Å². The van der Waals surface area contributed by atoms with Gasteiger partial charge in [0.15, 0.2) is 0 Å². The molecule has 98 valence electrons. The van der Waals surface area contributed by atoms with Crippen molar-refractivity contribution in [3.63, 3.8) is 0 Å². The van der Waals surface area contributed by atoms with Gasteiger partial charge >= 0.3 is 0 Å². The van der Waals surface area contributed by atoms with Gasteiger partial charge in [0.2, 0.25) is 11.8 Å². The number of alkyl halides is 1. The number of hydrogen-bond acceptors (Lipinski definition) is 3. The fraction of sp³-hybridized carbons (Fsp3) is 0.538. The van der Waals surface area contributed by atoms with E-state index in [1.807, 2.05) is 32.0 Å². The highest BCUT2D eigenvalue weighted by Gasteiger charge is 2.39. The fourth-order valence-corrected chi connectivity index (χ4v) is 1.87. The van der Waals surface area contributed by atoms with Crippen LogP contribution in [0.2, 0.25) is 0 Å². The molecule has 0 aliphatic carbocycles. The minimum Gasteiger partial charge on any atom is -0.471 e. The predicted octanol–water partition coefficient (Wildman–Crippen LogP) is 1.94. The molecule has 0 radical (unpaired) electrons. The Morgan fingerprint density at radius 1 is 1.56 bits per heavy atom. The summed E-state index contributed by atoms with van der Waals surface area (Å²) in [4.78, 5) is 17.9. The number of nitrogens with zero attached hydrogens (tertiary/aromatic N) is 2. The quantitative estimate of drug-likeness (QED) is 0.784. The lowest BCUT2D eigenvalue weighted by molar-refractivity contribution is -0.148. The Balaban J connectivity index is 1.83. The van der Waals surface area contributed by atoms with Crippen molar-refractivity contribution in [3.8, 4) is 5.88 Å². The summed E-state index contributed by atoms with van der Waals surface area (Å²) in [6, 6.07) is 5.53. The second-order valence-corrected chi connectivity index (χ2v) is 5.40. The molecule has 1 amide bonds. The summed E-state index contributed by atoms with van der Waals surface area (Å²) < 4.78 is 5.64. The highest BCUT2D eigenvalue weighted by molar-refractivity contribution is 6.19. The number of carbonyl (C=O) groups excluding carboxylic acids is 1. The van der Waals surface area contributed by atoms with Crippen molar-refractivity contribution >= 4 is 17.5 Å². The van der Waals surface area contributed by atoms with Gasteiger partial charge in [-0.05, 0) is 19.9 Å². The Kier molecular flexibility index (Phi) is 3.76. The second kappa shape index (κ2) is 5.14. The second-order valence-electron chi connectivity index (χ2n) is 5.14. The lowest BCUT2D eigenvalue weighted by Gasteiger charge is -2.42. The molecule has 0 aromatic carbocycles. The first-order valence-corrected chi connectivity index (χ1v) is 6.49. The molecule has 4 nitrogen and oxygen atoms in total. The maximum atomic E-state index is 12.0. The van der Waals surface area contributed by atoms with Gasteiger partial charge in [0.25, 0.3) is 0 Å². The van der Waals surface area contributed by atoms with Gasteiger partial charge in [-0.3, -0.25) is 4.79 Å². The summed E-state index contributed by atoms with van der Waals surface area (Å²) in [5, 5.41) is 0. The molecule has 0 unspecified atom stereocenters. The number of halogens is 1. The number of pyridine rings is 1. The fourth-order valence-electron chi connectivity index (χ4n) is 1.75. The van der Waals surface area contributed by atoms with E-state index in [0.29, 0.717) is 24.8 Å². The number of likely N-dealkylation sites (tertiary alicyclic amines) is 1. The molecule has 5 heteroatoms. The molecule has 1 aromatic heterocycles. The summed E-state index contributed by atoms with van der Waals surface area (Å²) in [7, 11) is 0. The average Bonchev–Trinajstić information content (AvgIpc) is 2.33. The topological polar surface area (TPSA) is 42.4 Å². The van der Waals surface area contributed by atoms with E-state index >= 15 is 0 Å². The molecule has 1 fully saturated rings. The zero-order valence-corrected chi connectivity index (χ0v) is 11.4. The zero-order valence-electron chi connectivity index (χ0n) is 10.6. The molecule has 0 bridgehead atoms. The molecule has 0 atom stereocenters. The van der Waals surface area contributed by atoms with Gasteiger partial charge < -0.3 is 9.64 Å². The predicted molar refractivity (Wildman–Crippen MR) is 69.7 cm³/mol. The molecule has 0 N–H and O–H groups in total. The van der Waals surface area contributed by atoms with Crippen LogP contribution < -0.4 is 4.74 Å². The van der Waals surface area contributed by atoms with Crippen LogP contribution in [0.4, 0.5) is 0 Å². The third-order valence-corrected chi connectivity index (χ3v) is 3.64. The molecule has 0 saturated carbocycles. The first kappa shape index (κ1) is 13.1. The van der Waals surface area contributed by atoms with E-state index in [1.165, 1.54) is 0 Å². The molecule has 1 aliphatic rings. The Morgan fingerprint density at radius 2 is 2.28 bits per heavy atom. The number of amides is 1. The summed E-state index contributed by atoms with van der Waals surface area (Å²) in [5.41, 5.74) is -0.502. The van der Waals surface area contributed by atoms with Crippen LogP contribution in [0.25, 0.3) is 0 Å². The Morgan fingerprint density at radius 3 is 2.83 bits per heavy atom. The van der Waals surface area contributed by atoms with Gasteiger partial charge in [-0.15, -0.1) is 11.6 Å². The van der Waals surface area contributed by atoms with E-state index < -0.39 is 5.41 Å². The van der Waals surface area contributed by atoms with E-state index in [9.17, 15) is 4.79 Å². The summed E-state index contributed by atoms with van der Waals surface area (Å²) in [6.07, 6.45) is 1.73. The highest BCUT2D eigenvalue weighted by atomic mass is 35.5. The molecular weight excluding hydrogens is 252 g/mol. The molecule has 18 heavy (non-hydrogen) atoms. The van der Waals surface area contributed by atoms with Crippen LogP contribution in [0.1, 0.15) is 13.8 Å². The van der Waals surface area contributed by atoms with Crippen molar-refractivity contribution in [3.05, 3.63) is 24.4 Å². The number of rotatable bonds is 4. The van der Waals surface area contributed by atoms with E-state index in [-0.39, 0.29) is 12.0 Å². The minimum absolute atomic E-state index is 0.0370. The van der Waals surface area contributed by atoms with Crippen LogP contribution >= 0.6 is 11.6 Å². The third-order valence-electron chi connectivity index (χ3n) is 2.97. The smallest absolute Gasteiger partial charge is 0.229 e. The van der Waals surface area contributed by atoms with Crippen molar-refractivity contribution in [2.45, 2.75) is 20.0 Å². The SMILES string of the molecule is CC(C)(CCl)C(=O)N1CC(Oc2ccccn2)C1. The van der Waals surface area contributed by atoms with Crippen LogP contribution in [0.3, 0.4) is 0 Å². The number of aromatic nitrogens is 1. The first-order chi connectivity index (χ1) is 8.53. The van der Waals surface area contributed by atoms with Crippen molar-refractivity contribution in [1.29, 1.82) is 0 Å². The van der Waals surface area contributed by atoms with E-state index in [1.54, 1.807) is 11.1 Å². The maximum absolute atomic E-state index is 12.0. The highest BCUT2D eigenvalue weighted by Crippen LogP contribution is 2.25. The minimum atomic E-state index is -0.502. The van der Waals surface area contributed by atoms with Crippen LogP contribution in [0.15, 0.2) is 24.4 Å². The van der Waals surface area contributed by atoms with Gasteiger partial charge in [-0.25, -0.2) is 4.98 Å². The van der Waals surface area contributed by atoms with Crippen LogP contribution in [0, 0.1) is 5.41 Å². The molecule has 2 rings (SSSR count). The van der Waals surface area contributed by atoms with Crippen LogP contribution in [-0.2, 0) is 4.79 Å². The van der Waals surface area contributed by atoms with Crippen molar-refractivity contribution in [2.24, 2.45) is 5.41 Å². The molecule has 1 saturated heterocycles. The summed E-state index contributed by atoms with van der Waals surface area (Å²) >= 11 is 5.79. The Labute approximate surface area is 112 Å². The van der Waals surface area contributed by atoms with Crippen molar-refractivity contribution in [1.82, 2.24) is 9.88 Å². The van der Waals surface area contributed by atoms with Gasteiger partial charge in [-0.2, -0.15) is 0 Å². The summed E-state index contributed by atoms with van der Waals surface area (Å²) in [6.45, 7) is 4.93. The van der Waals surface area contributed by atoms with Crippen molar-refractivity contribution < 1.29 is 9.53 Å². The first-order valence-electron chi connectivity index (χ1n) is 5.96. The van der Waals surface area contributed by atoms with Gasteiger partial charge in [-0.1, -0.05) is 6.07 Å². The number of ether oxygens (including phenoxy) is 1. The summed E-state index contributed by atoms with van der Waals surface area (Å²) in [5.74, 6) is 1.01. The normalized spacial score (nSPS) is 16.3. The monoisotopic (exact) mass is 268 g/mol. The standard InChI is InChI=1S/C13H17ClN2O2/c1-13(2,9-14)12(17)16-7-10(8-16)18-11-5-3-4-6-15-11/h3-6,10H,7-9H2,1-2H3. The lowest BCUT2D eigenvalue weighted by Crippen LogP contribution is -2.59. The number of carbonyl (C=O) groups is 1. The van der Waals surface area contributed by atoms with E-state index in [2.05, 4.69) is 4.98 Å². The van der Waals surface area contributed by atoms with Gasteiger partial charge in [0.05, 0.1) is 18.5 Å². The molecular formula is C13H17ClN2O2. The Bertz CT molecular complexity index is 416. The van der Waals surface area contributed by atoms with Gasteiger partial charge in [0, 0.05) is 18.1 Å². The van der Waals surface area contributed by atoms with Gasteiger partial charge in [0.1, 0.15) is 6.10 Å². The van der Waals surface area contributed by atoms with Crippen molar-refractivity contribution in [2.75, 3.05) is 19.0 Å². The third kappa shape index (κ3) is 2.75. The average molecular weight is 269 g/mol. The van der Waals surface area contributed by atoms with Crippen LogP contribution in [-0.4, -0.2) is 40.9 Å². The molecule has 2 heterocycles. The van der Waals surface area contributed by atoms with Crippen LogP contribution in [0.5, 0.6) is 5.88 Å². The van der Waals surface area contributed by atoms with E-state index in [4.69, 9.17) is 16.3 Å². The lowest BCUT2D eigenvalue weighted by atomic mass is 9.92. The molecule has 1 aliphatic heterocycles. The zero-order chi connectivity index (χ0) is 13.2.